The minimum atomic E-state index is -4.86. The van der Waals surface area contributed by atoms with Crippen molar-refractivity contribution < 1.29 is 44.4 Å². The van der Waals surface area contributed by atoms with Crippen LogP contribution in [0.1, 0.15) is 59.3 Å². The first kappa shape index (κ1) is 31.4. The molecule has 212 valence electrons. The van der Waals surface area contributed by atoms with Crippen molar-refractivity contribution in [2.75, 3.05) is 19.8 Å². The molecule has 9 heteroatoms. The van der Waals surface area contributed by atoms with E-state index in [0.717, 1.165) is 38.5 Å². The van der Waals surface area contributed by atoms with E-state index in [9.17, 15) is 0 Å². The maximum atomic E-state index is 6.87. The van der Waals surface area contributed by atoms with Gasteiger partial charge in [-0.05, 0) is 0 Å². The predicted molar refractivity (Wildman–Crippen MR) is 151 cm³/mol. The Morgan fingerprint density at radius 1 is 0.487 bits per heavy atom. The van der Waals surface area contributed by atoms with Crippen LogP contribution in [0.4, 0.5) is 0 Å². The summed E-state index contributed by atoms with van der Waals surface area (Å²) >= 11 is -4.86. The van der Waals surface area contributed by atoms with Gasteiger partial charge in [-0.3, -0.25) is 0 Å². The second-order valence-corrected chi connectivity index (χ2v) is 14.5. The molecular weight excluding hydrogens is 548 g/mol. The summed E-state index contributed by atoms with van der Waals surface area (Å²) in [6.45, 7) is 7.63. The van der Waals surface area contributed by atoms with Gasteiger partial charge in [-0.2, -0.15) is 0 Å². The summed E-state index contributed by atoms with van der Waals surface area (Å²) < 4.78 is 45.9. The van der Waals surface area contributed by atoms with Crippen LogP contribution in [0.3, 0.4) is 0 Å². The Kier molecular flexibility index (Phi) is 14.1. The van der Waals surface area contributed by atoms with E-state index in [0.29, 0.717) is 37.1 Å². The molecule has 0 bridgehead atoms. The molecule has 3 aromatic rings. The number of para-hydroxylation sites is 3. The number of hydrogen-bond donors (Lipinski definition) is 0. The van der Waals surface area contributed by atoms with Crippen LogP contribution in [0.2, 0.25) is 0 Å². The zero-order chi connectivity index (χ0) is 27.7. The van der Waals surface area contributed by atoms with Gasteiger partial charge in [0.15, 0.2) is 0 Å². The standard InChI is InChI=1S/C12H27O4Si.3C6H6O.Ti/c1-4-7-10-14-17(13,15-11-8-5-2)16-12-9-6-3;3*7-6-4-2-1-3-5-6;/h4-12H2,1-3H3;3*1-5,7H;/q-1;;;;+4/p-3. The average molecular weight is 591 g/mol. The molecule has 7 nitrogen and oxygen atoms in total. The number of hydrogen-bond acceptors (Lipinski definition) is 7. The van der Waals surface area contributed by atoms with Crippen molar-refractivity contribution in [3.05, 3.63) is 91.0 Å². The van der Waals surface area contributed by atoms with Crippen molar-refractivity contribution in [1.82, 2.24) is 0 Å². The van der Waals surface area contributed by atoms with E-state index in [-0.39, 0.29) is 0 Å². The van der Waals surface area contributed by atoms with Gasteiger partial charge in [0.2, 0.25) is 0 Å². The average Bonchev–Trinajstić information content (AvgIpc) is 2.95. The molecule has 0 unspecified atom stereocenters. The summed E-state index contributed by atoms with van der Waals surface area (Å²) in [7, 11) is -3.80. The molecule has 0 N–H and O–H groups in total. The van der Waals surface area contributed by atoms with Gasteiger partial charge in [0.1, 0.15) is 0 Å². The van der Waals surface area contributed by atoms with Crippen molar-refractivity contribution >= 4 is 9.05 Å². The van der Waals surface area contributed by atoms with E-state index in [1.807, 2.05) is 91.0 Å². The van der Waals surface area contributed by atoms with Gasteiger partial charge < -0.3 is 0 Å². The van der Waals surface area contributed by atoms with Gasteiger partial charge in [0.05, 0.1) is 0 Å². The first-order chi connectivity index (χ1) is 19.1. The Labute approximate surface area is 240 Å². The quantitative estimate of drug-likeness (QED) is 0.0978. The Hall–Kier alpha value is -2.17. The Bertz CT molecular complexity index is 899. The molecule has 39 heavy (non-hydrogen) atoms. The predicted octanol–water partition coefficient (Wildman–Crippen LogP) is 7.94. The van der Waals surface area contributed by atoms with Crippen LogP contribution >= 0.6 is 0 Å². The van der Waals surface area contributed by atoms with Crippen molar-refractivity contribution in [3.63, 3.8) is 0 Å². The molecule has 0 spiro atoms. The fourth-order valence-electron chi connectivity index (χ4n) is 3.41. The van der Waals surface area contributed by atoms with Crippen LogP contribution in [-0.4, -0.2) is 28.9 Å². The minimum absolute atomic E-state index is 0.432. The maximum absolute atomic E-state index is 6.87. The van der Waals surface area contributed by atoms with Crippen LogP contribution in [0.5, 0.6) is 17.2 Å². The van der Waals surface area contributed by atoms with Crippen molar-refractivity contribution in [2.24, 2.45) is 0 Å². The fourth-order valence-corrected chi connectivity index (χ4v) is 10.5. The number of rotatable bonds is 20. The summed E-state index contributed by atoms with van der Waals surface area (Å²) in [6.07, 6.45) is 5.40. The molecule has 0 aromatic heterocycles. The van der Waals surface area contributed by atoms with E-state index in [2.05, 4.69) is 20.8 Å². The third kappa shape index (κ3) is 11.1. The normalized spacial score (nSPS) is 11.8. The zero-order valence-corrected chi connectivity index (χ0v) is 25.9. The Morgan fingerprint density at radius 2 is 0.795 bits per heavy atom. The second-order valence-electron chi connectivity index (χ2n) is 8.95. The molecule has 0 radical (unpaired) electrons. The van der Waals surface area contributed by atoms with Gasteiger partial charge in [-0.1, -0.05) is 0 Å². The molecule has 3 rings (SSSR count). The van der Waals surface area contributed by atoms with E-state index in [1.165, 1.54) is 0 Å². The third-order valence-electron chi connectivity index (χ3n) is 5.54. The van der Waals surface area contributed by atoms with Gasteiger partial charge >= 0.3 is 241 Å². The molecule has 0 fully saturated rings. The molecule has 0 amide bonds. The second kappa shape index (κ2) is 17.5. The van der Waals surface area contributed by atoms with Crippen LogP contribution < -0.4 is 9.96 Å². The summed E-state index contributed by atoms with van der Waals surface area (Å²) in [4.78, 5) is 0. The Balaban J connectivity index is 2.09. The molecule has 0 heterocycles. The topological polar surface area (TPSA) is 64.6 Å². The first-order valence-electron chi connectivity index (χ1n) is 14.0. The van der Waals surface area contributed by atoms with E-state index in [4.69, 9.17) is 26.2 Å². The first-order valence-corrected chi connectivity index (χ1v) is 18.1. The zero-order valence-electron chi connectivity index (χ0n) is 23.4. The van der Waals surface area contributed by atoms with Gasteiger partial charge in [-0.25, -0.2) is 0 Å². The molecule has 0 aliphatic rings. The van der Waals surface area contributed by atoms with Gasteiger partial charge in [0.25, 0.3) is 0 Å². The number of benzene rings is 3. The summed E-state index contributed by atoms with van der Waals surface area (Å²) in [5.41, 5.74) is 0. The van der Waals surface area contributed by atoms with Crippen molar-refractivity contribution in [1.29, 1.82) is 0 Å². The molecular formula is C30H42O7SiTi. The van der Waals surface area contributed by atoms with Gasteiger partial charge in [0, 0.05) is 0 Å². The Morgan fingerprint density at radius 3 is 1.08 bits per heavy atom. The van der Waals surface area contributed by atoms with Gasteiger partial charge in [-0.15, -0.1) is 0 Å². The molecule has 3 aromatic carbocycles. The van der Waals surface area contributed by atoms with Crippen molar-refractivity contribution in [2.45, 2.75) is 59.3 Å². The molecule has 0 saturated carbocycles. The third-order valence-corrected chi connectivity index (χ3v) is 12.3. The van der Waals surface area contributed by atoms with E-state index >= 15 is 0 Å². The summed E-state index contributed by atoms with van der Waals surface area (Å²) in [5.74, 6) is 1.67. The monoisotopic (exact) mass is 590 g/mol. The van der Waals surface area contributed by atoms with Crippen LogP contribution in [-0.2, 0) is 34.4 Å². The van der Waals surface area contributed by atoms with Crippen LogP contribution in [0, 0.1) is 0 Å². The molecule has 0 atom stereocenters. The van der Waals surface area contributed by atoms with E-state index < -0.39 is 27.2 Å². The molecule has 0 aliphatic heterocycles. The fraction of sp³-hybridized carbons (Fsp3) is 0.400. The summed E-state index contributed by atoms with van der Waals surface area (Å²) in [6, 6.07) is 28.2. The molecule has 0 saturated heterocycles. The SMILES string of the molecule is CCCCO[Si](OCCCC)(OCCCC)[O][Ti]([O]c1ccccc1)([O]c1ccccc1)[O]c1ccccc1. The van der Waals surface area contributed by atoms with Crippen LogP contribution in [0.25, 0.3) is 0 Å². The van der Waals surface area contributed by atoms with Crippen molar-refractivity contribution in [3.8, 4) is 17.2 Å². The summed E-state index contributed by atoms with van der Waals surface area (Å²) in [5, 5.41) is 0. The number of unbranched alkanes of at least 4 members (excludes halogenated alkanes) is 3. The molecule has 0 aliphatic carbocycles. The van der Waals surface area contributed by atoms with E-state index in [1.54, 1.807) is 0 Å². The van der Waals surface area contributed by atoms with Crippen LogP contribution in [0.15, 0.2) is 91.0 Å².